The molecular formula is C23H18N6O2S. The molecule has 158 valence electrons. The largest absolute Gasteiger partial charge is 0.493 e. The number of rotatable bonds is 4. The maximum atomic E-state index is 5.56. The predicted molar refractivity (Wildman–Crippen MR) is 124 cm³/mol. The fourth-order valence-corrected chi connectivity index (χ4v) is 5.18. The normalized spacial score (nSPS) is 14.3. The molecule has 0 bridgehead atoms. The van der Waals surface area contributed by atoms with Crippen molar-refractivity contribution in [2.24, 2.45) is 15.3 Å². The minimum Gasteiger partial charge on any atom is -0.493 e. The van der Waals surface area contributed by atoms with Crippen molar-refractivity contribution in [3.8, 4) is 33.9 Å². The molecule has 1 aromatic carbocycles. The van der Waals surface area contributed by atoms with Gasteiger partial charge in [0.25, 0.3) is 0 Å². The van der Waals surface area contributed by atoms with E-state index in [-0.39, 0.29) is 0 Å². The molecule has 0 aliphatic carbocycles. The van der Waals surface area contributed by atoms with Crippen LogP contribution in [0, 0.1) is 0 Å². The van der Waals surface area contributed by atoms with E-state index < -0.39 is 0 Å². The van der Waals surface area contributed by atoms with Crippen LogP contribution in [0.2, 0.25) is 0 Å². The Labute approximate surface area is 187 Å². The summed E-state index contributed by atoms with van der Waals surface area (Å²) >= 11 is 1.60. The Bertz CT molecular complexity index is 1410. The van der Waals surface area contributed by atoms with Crippen LogP contribution >= 0.6 is 11.3 Å². The van der Waals surface area contributed by atoms with Crippen LogP contribution in [0.1, 0.15) is 4.88 Å². The second-order valence-corrected chi connectivity index (χ2v) is 8.34. The smallest absolute Gasteiger partial charge is 0.165 e. The fourth-order valence-electron chi connectivity index (χ4n) is 4.04. The van der Waals surface area contributed by atoms with E-state index in [1.54, 1.807) is 31.8 Å². The third-order valence-corrected chi connectivity index (χ3v) is 6.63. The zero-order valence-electron chi connectivity index (χ0n) is 17.4. The number of pyridine rings is 2. The topological polar surface area (TPSA) is 84.6 Å². The highest BCUT2D eigenvalue weighted by Crippen LogP contribution is 2.47. The summed E-state index contributed by atoms with van der Waals surface area (Å²) in [4.78, 5) is 15.8. The Hall–Kier alpha value is -3.85. The quantitative estimate of drug-likeness (QED) is 0.438. The molecule has 3 aromatic heterocycles. The van der Waals surface area contributed by atoms with Crippen molar-refractivity contribution >= 4 is 33.1 Å². The van der Waals surface area contributed by atoms with Crippen LogP contribution in [0.4, 0.5) is 5.69 Å². The third kappa shape index (κ3) is 2.85. The van der Waals surface area contributed by atoms with E-state index in [1.165, 1.54) is 0 Å². The summed E-state index contributed by atoms with van der Waals surface area (Å²) < 4.78 is 11.0. The van der Waals surface area contributed by atoms with Crippen molar-refractivity contribution < 1.29 is 9.47 Å². The maximum Gasteiger partial charge on any atom is 0.165 e. The number of aromatic nitrogens is 2. The summed E-state index contributed by atoms with van der Waals surface area (Å²) in [5.74, 6) is 2.21. The molecule has 0 fully saturated rings. The minimum atomic E-state index is 0.662. The van der Waals surface area contributed by atoms with Crippen LogP contribution < -0.4 is 9.47 Å². The fraction of sp³-hybridized carbons (Fsp3) is 0.174. The molecule has 0 atom stereocenters. The first-order valence-electron chi connectivity index (χ1n) is 10.1. The van der Waals surface area contributed by atoms with Crippen molar-refractivity contribution in [3.05, 3.63) is 53.7 Å². The van der Waals surface area contributed by atoms with Gasteiger partial charge in [-0.05, 0) is 41.5 Å². The van der Waals surface area contributed by atoms with Gasteiger partial charge in [-0.15, -0.1) is 16.5 Å². The molecule has 8 nitrogen and oxygen atoms in total. The monoisotopic (exact) mass is 442 g/mol. The number of methoxy groups -OCH3 is 2. The number of hydrogen-bond acceptors (Lipinski definition) is 9. The molecule has 5 heterocycles. The first kappa shape index (κ1) is 18.9. The number of amidine groups is 1. The predicted octanol–water partition coefficient (Wildman–Crippen LogP) is 5.12. The molecule has 6 rings (SSSR count). The van der Waals surface area contributed by atoms with E-state index in [1.807, 2.05) is 41.5 Å². The van der Waals surface area contributed by atoms with E-state index in [4.69, 9.17) is 14.5 Å². The zero-order valence-corrected chi connectivity index (χ0v) is 18.3. The minimum absolute atomic E-state index is 0.662. The van der Waals surface area contributed by atoms with Gasteiger partial charge in [-0.25, -0.2) is 9.99 Å². The van der Waals surface area contributed by atoms with Gasteiger partial charge in [-0.1, -0.05) is 11.3 Å². The van der Waals surface area contributed by atoms with Crippen LogP contribution in [0.3, 0.4) is 0 Å². The van der Waals surface area contributed by atoms with Crippen LogP contribution in [0.15, 0.2) is 64.1 Å². The molecule has 2 aliphatic heterocycles. The highest BCUT2D eigenvalue weighted by Gasteiger charge is 2.30. The van der Waals surface area contributed by atoms with Crippen LogP contribution in [-0.4, -0.2) is 48.1 Å². The number of ether oxygens (including phenoxy) is 2. The van der Waals surface area contributed by atoms with Crippen molar-refractivity contribution in [2.75, 3.05) is 27.3 Å². The number of thiophene rings is 1. The molecule has 0 N–H and O–H groups in total. The summed E-state index contributed by atoms with van der Waals surface area (Å²) in [6, 6.07) is 11.9. The number of hydrogen-bond donors (Lipinski definition) is 0. The van der Waals surface area contributed by atoms with Gasteiger partial charge in [0, 0.05) is 23.3 Å². The summed E-state index contributed by atoms with van der Waals surface area (Å²) in [5.41, 5.74) is 4.59. The zero-order chi connectivity index (χ0) is 21.7. The van der Waals surface area contributed by atoms with Gasteiger partial charge >= 0.3 is 0 Å². The van der Waals surface area contributed by atoms with E-state index in [0.29, 0.717) is 11.5 Å². The second kappa shape index (κ2) is 7.38. The molecule has 9 heteroatoms. The summed E-state index contributed by atoms with van der Waals surface area (Å²) in [7, 11) is 3.27. The average Bonchev–Trinajstić information content (AvgIpc) is 3.47. The molecule has 2 aliphatic rings. The number of benzene rings is 1. The first-order valence-corrected chi connectivity index (χ1v) is 10.9. The Morgan fingerprint density at radius 2 is 1.94 bits per heavy atom. The molecule has 0 spiro atoms. The van der Waals surface area contributed by atoms with Gasteiger partial charge in [0.2, 0.25) is 0 Å². The SMILES string of the molecule is COc1ccc(-c2cc(-c3cccnc3)nc3sc4c(c23)N=NN2CCN=C42)cc1OC. The standard InChI is InChI=1S/C23H18N6O2S/c1-30-17-6-5-13(10-18(17)31-2)15-11-16(14-4-3-7-24-12-14)26-23-19(15)20-21(32-23)22-25-8-9-29(22)28-27-20/h3-7,10-12H,8-9H2,1-2H3. The molecular weight excluding hydrogens is 424 g/mol. The van der Waals surface area contributed by atoms with Gasteiger partial charge in [0.05, 0.1) is 33.0 Å². The van der Waals surface area contributed by atoms with Crippen LogP contribution in [0.5, 0.6) is 11.5 Å². The van der Waals surface area contributed by atoms with E-state index in [2.05, 4.69) is 26.4 Å². The average molecular weight is 443 g/mol. The van der Waals surface area contributed by atoms with Crippen LogP contribution in [0.25, 0.3) is 32.6 Å². The maximum absolute atomic E-state index is 5.56. The Kier molecular flexibility index (Phi) is 4.36. The number of fused-ring (bicyclic) bond motifs is 5. The third-order valence-electron chi connectivity index (χ3n) is 5.56. The van der Waals surface area contributed by atoms with Crippen LogP contribution in [-0.2, 0) is 0 Å². The molecule has 0 unspecified atom stereocenters. The molecule has 0 radical (unpaired) electrons. The van der Waals surface area contributed by atoms with Gasteiger partial charge < -0.3 is 9.47 Å². The highest BCUT2D eigenvalue weighted by molar-refractivity contribution is 7.21. The van der Waals surface area contributed by atoms with Crippen molar-refractivity contribution in [1.29, 1.82) is 0 Å². The van der Waals surface area contributed by atoms with Crippen molar-refractivity contribution in [1.82, 2.24) is 15.0 Å². The van der Waals surface area contributed by atoms with Gasteiger partial charge in [-0.2, -0.15) is 0 Å². The number of nitrogens with zero attached hydrogens (tertiary/aromatic N) is 6. The first-order chi connectivity index (χ1) is 15.8. The Balaban J connectivity index is 1.65. The van der Waals surface area contributed by atoms with E-state index in [9.17, 15) is 0 Å². The van der Waals surface area contributed by atoms with Crippen molar-refractivity contribution in [2.45, 2.75) is 0 Å². The lowest BCUT2D eigenvalue weighted by Crippen LogP contribution is -2.23. The lowest BCUT2D eigenvalue weighted by Gasteiger charge is -2.16. The molecule has 0 saturated heterocycles. The molecule has 4 aromatic rings. The highest BCUT2D eigenvalue weighted by atomic mass is 32.1. The summed E-state index contributed by atoms with van der Waals surface area (Å²) in [6.07, 6.45) is 3.58. The lowest BCUT2D eigenvalue weighted by atomic mass is 9.99. The summed E-state index contributed by atoms with van der Waals surface area (Å²) in [5, 5.41) is 11.8. The van der Waals surface area contributed by atoms with Gasteiger partial charge in [-0.3, -0.25) is 9.98 Å². The number of aliphatic imine (C=N–C) groups is 1. The molecule has 32 heavy (non-hydrogen) atoms. The molecule has 0 amide bonds. The summed E-state index contributed by atoms with van der Waals surface area (Å²) in [6.45, 7) is 1.47. The lowest BCUT2D eigenvalue weighted by molar-refractivity contribution is 0.355. The van der Waals surface area contributed by atoms with E-state index >= 15 is 0 Å². The van der Waals surface area contributed by atoms with E-state index in [0.717, 1.165) is 62.1 Å². The second-order valence-electron chi connectivity index (χ2n) is 7.34. The Morgan fingerprint density at radius 1 is 1.03 bits per heavy atom. The molecule has 0 saturated carbocycles. The van der Waals surface area contributed by atoms with Gasteiger partial charge in [0.15, 0.2) is 17.3 Å². The Morgan fingerprint density at radius 3 is 2.75 bits per heavy atom. The van der Waals surface area contributed by atoms with Gasteiger partial charge in [0.1, 0.15) is 15.4 Å². The van der Waals surface area contributed by atoms with Crippen molar-refractivity contribution in [3.63, 3.8) is 0 Å².